The number of benzene rings is 1. The molecule has 0 heterocycles. The lowest BCUT2D eigenvalue weighted by atomic mass is 10.1. The molecule has 0 aliphatic heterocycles. The first-order valence-corrected chi connectivity index (χ1v) is 5.86. The Morgan fingerprint density at radius 2 is 2.27 bits per heavy atom. The van der Waals surface area contributed by atoms with E-state index in [1.807, 2.05) is 18.2 Å². The minimum Gasteiger partial charge on any atom is -0.481 e. The Morgan fingerprint density at radius 3 is 2.80 bits per heavy atom. The van der Waals surface area contributed by atoms with Gasteiger partial charge >= 0.3 is 5.97 Å². The van der Waals surface area contributed by atoms with Gasteiger partial charge in [-0.05, 0) is 17.2 Å². The molecule has 1 aromatic rings. The second kappa shape index (κ2) is 5.93. The zero-order chi connectivity index (χ0) is 11.3. The van der Waals surface area contributed by atoms with E-state index in [9.17, 15) is 4.79 Å². The van der Waals surface area contributed by atoms with Gasteiger partial charge in [-0.15, -0.1) is 0 Å². The van der Waals surface area contributed by atoms with Gasteiger partial charge in [0.2, 0.25) is 0 Å². The molecule has 0 radical (unpaired) electrons. The van der Waals surface area contributed by atoms with Crippen LogP contribution in [0.4, 0.5) is 0 Å². The van der Waals surface area contributed by atoms with Gasteiger partial charge in [-0.2, -0.15) is 0 Å². The van der Waals surface area contributed by atoms with E-state index >= 15 is 0 Å². The van der Waals surface area contributed by atoms with E-state index < -0.39 is 5.97 Å². The second-order valence-corrected chi connectivity index (χ2v) is 4.03. The van der Waals surface area contributed by atoms with Crippen LogP contribution in [0.25, 0.3) is 6.08 Å². The number of halogens is 2. The fraction of sp³-hybridized carbons (Fsp3) is 0.182. The Kier molecular flexibility index (Phi) is 4.85. The summed E-state index contributed by atoms with van der Waals surface area (Å²) in [6, 6.07) is 5.35. The molecular weight excluding hydrogens is 279 g/mol. The normalized spacial score (nSPS) is 10.8. The molecule has 80 valence electrons. The van der Waals surface area contributed by atoms with Crippen molar-refractivity contribution < 1.29 is 9.90 Å². The minimum atomic E-state index is -0.874. The SMILES string of the molecule is O=C(O)Cc1ccc(C=CCBr)cc1Cl. The minimum absolute atomic E-state index is 0.0404. The topological polar surface area (TPSA) is 37.3 Å². The molecule has 15 heavy (non-hydrogen) atoms. The van der Waals surface area contributed by atoms with Crippen LogP contribution in [-0.2, 0) is 11.2 Å². The summed E-state index contributed by atoms with van der Waals surface area (Å²) in [5.74, 6) is -0.874. The number of allylic oxidation sites excluding steroid dienone is 1. The maximum absolute atomic E-state index is 10.5. The Labute approximate surface area is 102 Å². The molecule has 0 aromatic heterocycles. The highest BCUT2D eigenvalue weighted by molar-refractivity contribution is 9.09. The van der Waals surface area contributed by atoms with Crippen molar-refractivity contribution >= 4 is 39.6 Å². The largest absolute Gasteiger partial charge is 0.481 e. The van der Waals surface area contributed by atoms with Crippen LogP contribution in [0.3, 0.4) is 0 Å². The molecule has 1 aromatic carbocycles. The summed E-state index contributed by atoms with van der Waals surface area (Å²) in [6.07, 6.45) is 3.83. The molecule has 1 N–H and O–H groups in total. The van der Waals surface area contributed by atoms with Crippen LogP contribution in [0.2, 0.25) is 5.02 Å². The maximum Gasteiger partial charge on any atom is 0.307 e. The third kappa shape index (κ3) is 4.06. The summed E-state index contributed by atoms with van der Waals surface area (Å²) in [5, 5.41) is 9.90. The Balaban J connectivity index is 2.87. The van der Waals surface area contributed by atoms with Crippen LogP contribution >= 0.6 is 27.5 Å². The molecule has 4 heteroatoms. The fourth-order valence-electron chi connectivity index (χ4n) is 1.15. The number of alkyl halides is 1. The lowest BCUT2D eigenvalue weighted by Crippen LogP contribution is -2.00. The van der Waals surface area contributed by atoms with Crippen molar-refractivity contribution in [1.29, 1.82) is 0 Å². The molecule has 0 spiro atoms. The maximum atomic E-state index is 10.5. The molecule has 0 saturated carbocycles. The van der Waals surface area contributed by atoms with Gasteiger partial charge in [0.15, 0.2) is 0 Å². The van der Waals surface area contributed by atoms with Crippen LogP contribution in [0.5, 0.6) is 0 Å². The van der Waals surface area contributed by atoms with E-state index in [2.05, 4.69) is 15.9 Å². The van der Waals surface area contributed by atoms with E-state index in [-0.39, 0.29) is 6.42 Å². The van der Waals surface area contributed by atoms with Crippen molar-refractivity contribution in [2.75, 3.05) is 5.33 Å². The molecule has 0 atom stereocenters. The average Bonchev–Trinajstić information content (AvgIpc) is 2.18. The third-order valence-corrected chi connectivity index (χ3v) is 2.54. The second-order valence-electron chi connectivity index (χ2n) is 2.98. The van der Waals surface area contributed by atoms with Crippen LogP contribution in [-0.4, -0.2) is 16.4 Å². The molecule has 0 bridgehead atoms. The van der Waals surface area contributed by atoms with Gasteiger partial charge < -0.3 is 5.11 Å². The van der Waals surface area contributed by atoms with Crippen molar-refractivity contribution in [1.82, 2.24) is 0 Å². The van der Waals surface area contributed by atoms with Gasteiger partial charge in [0.05, 0.1) is 6.42 Å². The number of hydrogen-bond donors (Lipinski definition) is 1. The van der Waals surface area contributed by atoms with Crippen molar-refractivity contribution in [3.63, 3.8) is 0 Å². The Morgan fingerprint density at radius 1 is 1.53 bits per heavy atom. The van der Waals surface area contributed by atoms with Crippen LogP contribution in [0.1, 0.15) is 11.1 Å². The first-order valence-electron chi connectivity index (χ1n) is 4.36. The molecule has 1 rings (SSSR count). The number of aliphatic carboxylic acids is 1. The zero-order valence-corrected chi connectivity index (χ0v) is 10.3. The molecule has 2 nitrogen and oxygen atoms in total. The first-order chi connectivity index (χ1) is 7.13. The number of rotatable bonds is 4. The summed E-state index contributed by atoms with van der Waals surface area (Å²) >= 11 is 9.22. The van der Waals surface area contributed by atoms with E-state index in [0.29, 0.717) is 10.6 Å². The van der Waals surface area contributed by atoms with Crippen molar-refractivity contribution in [3.8, 4) is 0 Å². The average molecular weight is 290 g/mol. The lowest BCUT2D eigenvalue weighted by Gasteiger charge is -2.02. The summed E-state index contributed by atoms with van der Waals surface area (Å²) in [6.45, 7) is 0. The number of carboxylic acid groups (broad SMARTS) is 1. The molecule has 0 fully saturated rings. The monoisotopic (exact) mass is 288 g/mol. The van der Waals surface area contributed by atoms with E-state index in [0.717, 1.165) is 10.9 Å². The summed E-state index contributed by atoms with van der Waals surface area (Å²) in [5.41, 5.74) is 1.61. The van der Waals surface area contributed by atoms with Crippen LogP contribution < -0.4 is 0 Å². The predicted octanol–water partition coefficient (Wildman–Crippen LogP) is 3.38. The summed E-state index contributed by atoms with van der Waals surface area (Å²) in [7, 11) is 0. The van der Waals surface area contributed by atoms with E-state index in [1.54, 1.807) is 12.1 Å². The molecule has 0 saturated heterocycles. The molecule has 0 unspecified atom stereocenters. The number of carbonyl (C=O) groups is 1. The highest BCUT2D eigenvalue weighted by Crippen LogP contribution is 2.19. The lowest BCUT2D eigenvalue weighted by molar-refractivity contribution is -0.136. The standard InChI is InChI=1S/C11H10BrClO2/c12-5-1-2-8-3-4-9(7-11(14)15)10(13)6-8/h1-4,6H,5,7H2,(H,14,15). The summed E-state index contributed by atoms with van der Waals surface area (Å²) < 4.78 is 0. The molecule has 0 amide bonds. The van der Waals surface area contributed by atoms with Crippen molar-refractivity contribution in [2.24, 2.45) is 0 Å². The first kappa shape index (κ1) is 12.3. The van der Waals surface area contributed by atoms with Gasteiger partial charge in [0.1, 0.15) is 0 Å². The van der Waals surface area contributed by atoms with Crippen LogP contribution in [0.15, 0.2) is 24.3 Å². The van der Waals surface area contributed by atoms with Gasteiger partial charge in [0, 0.05) is 10.4 Å². The van der Waals surface area contributed by atoms with E-state index in [1.165, 1.54) is 0 Å². The zero-order valence-electron chi connectivity index (χ0n) is 7.91. The van der Waals surface area contributed by atoms with Gasteiger partial charge in [-0.25, -0.2) is 0 Å². The fourth-order valence-corrected chi connectivity index (χ4v) is 1.60. The predicted molar refractivity (Wildman–Crippen MR) is 65.6 cm³/mol. The summed E-state index contributed by atoms with van der Waals surface area (Å²) in [4.78, 5) is 10.5. The highest BCUT2D eigenvalue weighted by Gasteiger charge is 2.05. The molecule has 0 aliphatic rings. The quantitative estimate of drug-likeness (QED) is 0.863. The van der Waals surface area contributed by atoms with Crippen molar-refractivity contribution in [2.45, 2.75) is 6.42 Å². The molecular formula is C11H10BrClO2. The van der Waals surface area contributed by atoms with Crippen LogP contribution in [0, 0.1) is 0 Å². The van der Waals surface area contributed by atoms with Gasteiger partial charge in [-0.1, -0.05) is 51.8 Å². The number of hydrogen-bond acceptors (Lipinski definition) is 1. The van der Waals surface area contributed by atoms with Crippen molar-refractivity contribution in [3.05, 3.63) is 40.4 Å². The van der Waals surface area contributed by atoms with E-state index in [4.69, 9.17) is 16.7 Å². The smallest absolute Gasteiger partial charge is 0.307 e. The highest BCUT2D eigenvalue weighted by atomic mass is 79.9. The molecule has 0 aliphatic carbocycles. The van der Waals surface area contributed by atoms with Gasteiger partial charge in [-0.3, -0.25) is 4.79 Å². The number of carboxylic acids is 1. The third-order valence-electron chi connectivity index (χ3n) is 1.82. The Hall–Kier alpha value is -0.800. The Bertz CT molecular complexity index is 388. The van der Waals surface area contributed by atoms with Gasteiger partial charge in [0.25, 0.3) is 0 Å².